The topological polar surface area (TPSA) is 111 Å². The Morgan fingerprint density at radius 2 is 1.84 bits per heavy atom. The SMILES string of the molecule is Cc1cc(C)nc(NS(=O)(=O)c2cnccc2N)n1. The van der Waals surface area contributed by atoms with Gasteiger partial charge < -0.3 is 5.73 Å². The van der Waals surface area contributed by atoms with Gasteiger partial charge in [-0.3, -0.25) is 4.98 Å². The van der Waals surface area contributed by atoms with Gasteiger partial charge in [-0.2, -0.15) is 0 Å². The van der Waals surface area contributed by atoms with Crippen molar-refractivity contribution in [3.63, 3.8) is 0 Å². The lowest BCUT2D eigenvalue weighted by Gasteiger charge is -2.09. The van der Waals surface area contributed by atoms with Crippen LogP contribution in [0.1, 0.15) is 11.4 Å². The average molecular weight is 279 g/mol. The Hall–Kier alpha value is -2.22. The number of nitrogens with one attached hydrogen (secondary N) is 1. The molecule has 0 aliphatic carbocycles. The quantitative estimate of drug-likeness (QED) is 0.862. The highest BCUT2D eigenvalue weighted by atomic mass is 32.2. The van der Waals surface area contributed by atoms with E-state index in [1.165, 1.54) is 18.5 Å². The fraction of sp³-hybridized carbons (Fsp3) is 0.182. The molecule has 0 bridgehead atoms. The Labute approximate surface area is 111 Å². The fourth-order valence-electron chi connectivity index (χ4n) is 1.56. The van der Waals surface area contributed by atoms with Crippen LogP contribution in [-0.2, 0) is 10.0 Å². The molecule has 0 radical (unpaired) electrons. The monoisotopic (exact) mass is 279 g/mol. The van der Waals surface area contributed by atoms with E-state index in [0.29, 0.717) is 11.4 Å². The molecule has 2 heterocycles. The molecule has 0 aromatic carbocycles. The van der Waals surface area contributed by atoms with Crippen molar-refractivity contribution in [3.05, 3.63) is 35.9 Å². The zero-order chi connectivity index (χ0) is 14.0. The van der Waals surface area contributed by atoms with Gasteiger partial charge in [0.15, 0.2) is 0 Å². The van der Waals surface area contributed by atoms with Gasteiger partial charge in [-0.25, -0.2) is 23.1 Å². The van der Waals surface area contributed by atoms with Crippen LogP contribution in [0.2, 0.25) is 0 Å². The molecule has 2 rings (SSSR count). The Balaban J connectivity index is 2.39. The predicted molar refractivity (Wildman–Crippen MR) is 71.0 cm³/mol. The smallest absolute Gasteiger partial charge is 0.267 e. The average Bonchev–Trinajstić information content (AvgIpc) is 2.26. The van der Waals surface area contributed by atoms with Crippen LogP contribution < -0.4 is 10.5 Å². The van der Waals surface area contributed by atoms with Crippen LogP contribution in [0.4, 0.5) is 11.6 Å². The van der Waals surface area contributed by atoms with Crippen molar-refractivity contribution in [1.82, 2.24) is 15.0 Å². The predicted octanol–water partition coefficient (Wildman–Crippen LogP) is 0.871. The summed E-state index contributed by atoms with van der Waals surface area (Å²) in [5.41, 5.74) is 7.08. The Morgan fingerprint density at radius 3 is 2.42 bits per heavy atom. The van der Waals surface area contributed by atoms with Crippen molar-refractivity contribution in [2.24, 2.45) is 0 Å². The van der Waals surface area contributed by atoms with E-state index < -0.39 is 10.0 Å². The maximum absolute atomic E-state index is 12.1. The number of hydrogen-bond acceptors (Lipinski definition) is 6. The van der Waals surface area contributed by atoms with Gasteiger partial charge >= 0.3 is 0 Å². The molecule has 0 saturated heterocycles. The maximum Gasteiger partial charge on any atom is 0.267 e. The third kappa shape index (κ3) is 2.97. The third-order valence-corrected chi connectivity index (χ3v) is 3.69. The summed E-state index contributed by atoms with van der Waals surface area (Å²) in [4.78, 5) is 11.7. The van der Waals surface area contributed by atoms with Crippen LogP contribution in [-0.4, -0.2) is 23.4 Å². The second-order valence-corrected chi connectivity index (χ2v) is 5.64. The van der Waals surface area contributed by atoms with Crippen LogP contribution in [0, 0.1) is 13.8 Å². The summed E-state index contributed by atoms with van der Waals surface area (Å²) >= 11 is 0. The molecule has 0 saturated carbocycles. The highest BCUT2D eigenvalue weighted by Crippen LogP contribution is 2.18. The molecule has 2 aromatic heterocycles. The van der Waals surface area contributed by atoms with Gasteiger partial charge in [-0.15, -0.1) is 0 Å². The normalized spacial score (nSPS) is 11.3. The minimum absolute atomic E-state index is 0.0146. The number of nitrogen functional groups attached to an aromatic ring is 1. The minimum Gasteiger partial charge on any atom is -0.398 e. The molecule has 8 heteroatoms. The zero-order valence-electron chi connectivity index (χ0n) is 10.5. The summed E-state index contributed by atoms with van der Waals surface area (Å²) in [5.74, 6) is 0.0146. The van der Waals surface area contributed by atoms with Crippen molar-refractivity contribution in [2.45, 2.75) is 18.7 Å². The van der Waals surface area contributed by atoms with E-state index in [-0.39, 0.29) is 16.5 Å². The minimum atomic E-state index is -3.84. The summed E-state index contributed by atoms with van der Waals surface area (Å²) in [7, 11) is -3.84. The lowest BCUT2D eigenvalue weighted by molar-refractivity contribution is 0.600. The first-order valence-electron chi connectivity index (χ1n) is 5.43. The summed E-state index contributed by atoms with van der Waals surface area (Å²) in [5, 5.41) is 0. The van der Waals surface area contributed by atoms with E-state index in [1.54, 1.807) is 19.9 Å². The molecule has 0 fully saturated rings. The second kappa shape index (κ2) is 4.81. The highest BCUT2D eigenvalue weighted by Gasteiger charge is 2.19. The van der Waals surface area contributed by atoms with Crippen LogP contribution in [0.25, 0.3) is 0 Å². The Morgan fingerprint density at radius 1 is 1.21 bits per heavy atom. The lowest BCUT2D eigenvalue weighted by atomic mass is 10.4. The number of pyridine rings is 1. The molecule has 100 valence electrons. The number of anilines is 2. The molecule has 0 atom stereocenters. The first-order chi connectivity index (χ1) is 8.88. The molecule has 0 aliphatic heterocycles. The molecule has 0 aliphatic rings. The first-order valence-corrected chi connectivity index (χ1v) is 6.91. The van der Waals surface area contributed by atoms with Gasteiger partial charge in [0.2, 0.25) is 5.95 Å². The summed E-state index contributed by atoms with van der Waals surface area (Å²) < 4.78 is 26.6. The molecule has 3 N–H and O–H groups in total. The molecular weight excluding hydrogens is 266 g/mol. The van der Waals surface area contributed by atoms with E-state index in [0.717, 1.165) is 0 Å². The van der Waals surface area contributed by atoms with Gasteiger partial charge in [0.1, 0.15) is 4.90 Å². The van der Waals surface area contributed by atoms with Crippen LogP contribution >= 0.6 is 0 Å². The number of nitrogens with two attached hydrogens (primary N) is 1. The maximum atomic E-state index is 12.1. The van der Waals surface area contributed by atoms with Crippen molar-refractivity contribution < 1.29 is 8.42 Å². The Bertz CT molecular complexity index is 695. The molecule has 2 aromatic rings. The number of sulfonamides is 1. The van der Waals surface area contributed by atoms with Gasteiger partial charge in [0.25, 0.3) is 10.0 Å². The van der Waals surface area contributed by atoms with E-state index in [9.17, 15) is 8.42 Å². The number of aryl methyl sites for hydroxylation is 2. The van der Waals surface area contributed by atoms with E-state index >= 15 is 0 Å². The first kappa shape index (κ1) is 13.2. The van der Waals surface area contributed by atoms with Gasteiger partial charge in [0, 0.05) is 23.8 Å². The largest absolute Gasteiger partial charge is 0.398 e. The van der Waals surface area contributed by atoms with Crippen LogP contribution in [0.3, 0.4) is 0 Å². The second-order valence-electron chi connectivity index (χ2n) is 3.99. The Kier molecular flexibility index (Phi) is 3.34. The summed E-state index contributed by atoms with van der Waals surface area (Å²) in [6, 6.07) is 3.16. The van der Waals surface area contributed by atoms with Gasteiger partial charge in [-0.1, -0.05) is 0 Å². The summed E-state index contributed by atoms with van der Waals surface area (Å²) in [6.45, 7) is 3.51. The van der Waals surface area contributed by atoms with Gasteiger partial charge in [-0.05, 0) is 26.0 Å². The zero-order valence-corrected chi connectivity index (χ0v) is 11.3. The van der Waals surface area contributed by atoms with Crippen molar-refractivity contribution in [3.8, 4) is 0 Å². The van der Waals surface area contributed by atoms with Crippen molar-refractivity contribution in [2.75, 3.05) is 10.5 Å². The number of hydrogen-bond donors (Lipinski definition) is 2. The van der Waals surface area contributed by atoms with Crippen LogP contribution in [0.5, 0.6) is 0 Å². The standard InChI is InChI=1S/C11H13N5O2S/c1-7-5-8(2)15-11(14-7)16-19(17,18)10-6-13-4-3-9(10)12/h3-6H,1-2H3,(H2,12,13)(H,14,15,16). The molecule has 7 nitrogen and oxygen atoms in total. The third-order valence-electron chi connectivity index (χ3n) is 2.31. The highest BCUT2D eigenvalue weighted by molar-refractivity contribution is 7.92. The van der Waals surface area contributed by atoms with Crippen LogP contribution in [0.15, 0.2) is 29.4 Å². The van der Waals surface area contributed by atoms with E-state index in [2.05, 4.69) is 19.7 Å². The molecule has 0 spiro atoms. The number of nitrogens with zero attached hydrogens (tertiary/aromatic N) is 3. The number of rotatable bonds is 3. The molecule has 0 amide bonds. The molecule has 0 unspecified atom stereocenters. The van der Waals surface area contributed by atoms with E-state index in [1.807, 2.05) is 0 Å². The van der Waals surface area contributed by atoms with Crippen molar-refractivity contribution in [1.29, 1.82) is 0 Å². The summed E-state index contributed by atoms with van der Waals surface area (Å²) in [6.07, 6.45) is 2.60. The number of aromatic nitrogens is 3. The van der Waals surface area contributed by atoms with Crippen molar-refractivity contribution >= 4 is 21.7 Å². The molecular formula is C11H13N5O2S. The molecule has 19 heavy (non-hydrogen) atoms. The van der Waals surface area contributed by atoms with E-state index in [4.69, 9.17) is 5.73 Å². The lowest BCUT2D eigenvalue weighted by Crippen LogP contribution is -2.17. The van der Waals surface area contributed by atoms with Gasteiger partial charge in [0.05, 0.1) is 5.69 Å². The fourth-order valence-corrected chi connectivity index (χ4v) is 2.58.